The molecule has 0 spiro atoms. The molecule has 4 rings (SSSR count). The van der Waals surface area contributed by atoms with Crippen LogP contribution in [0.1, 0.15) is 51.7 Å². The lowest BCUT2D eigenvalue weighted by atomic mass is 9.79. The van der Waals surface area contributed by atoms with Crippen LogP contribution < -0.4 is 16.0 Å². The highest BCUT2D eigenvalue weighted by molar-refractivity contribution is 5.62. The predicted octanol–water partition coefficient (Wildman–Crippen LogP) is 3.10. The van der Waals surface area contributed by atoms with Gasteiger partial charge in [0.2, 0.25) is 5.95 Å². The topological polar surface area (TPSA) is 129 Å². The number of aromatic nitrogens is 6. The summed E-state index contributed by atoms with van der Waals surface area (Å²) < 4.78 is 1.60. The number of anilines is 3. The third-order valence-corrected chi connectivity index (χ3v) is 5.50. The monoisotopic (exact) mass is 432 g/mol. The number of hydrogen-bond acceptors (Lipinski definition) is 9. The van der Waals surface area contributed by atoms with Crippen LogP contribution in [0.15, 0.2) is 30.7 Å². The van der Waals surface area contributed by atoms with Gasteiger partial charge in [0.1, 0.15) is 23.8 Å². The van der Waals surface area contributed by atoms with E-state index in [1.54, 1.807) is 17.2 Å². The minimum Gasteiger partial charge on any atom is -0.366 e. The average Bonchev–Trinajstić information content (AvgIpc) is 3.22. The van der Waals surface area contributed by atoms with Gasteiger partial charge >= 0.3 is 0 Å². The Balaban J connectivity index is 1.58. The van der Waals surface area contributed by atoms with E-state index in [-0.39, 0.29) is 17.1 Å². The molecule has 0 atom stereocenters. The van der Waals surface area contributed by atoms with Gasteiger partial charge in [-0.3, -0.25) is 0 Å². The zero-order chi connectivity index (χ0) is 22.9. The standard InChI is InChI=1S/C22H28N10/c1-14-6-7-16(8-18(14)32-13-25-30-31-32)27-20-24-12-15(11-23)19(28-20)26-17-9-21(2,3)29-22(4,5)10-17/h6-8,12-13,17,29H,9-10H2,1-5H3,(H2,24,26,27,28). The molecule has 0 aliphatic carbocycles. The van der Waals surface area contributed by atoms with Gasteiger partial charge in [0, 0.05) is 22.8 Å². The van der Waals surface area contributed by atoms with Crippen LogP contribution in [0.25, 0.3) is 5.69 Å². The van der Waals surface area contributed by atoms with Crippen molar-refractivity contribution in [2.24, 2.45) is 0 Å². The lowest BCUT2D eigenvalue weighted by molar-refractivity contribution is 0.170. The van der Waals surface area contributed by atoms with Crippen LogP contribution in [0.4, 0.5) is 17.5 Å². The van der Waals surface area contributed by atoms with Crippen molar-refractivity contribution in [1.82, 2.24) is 35.5 Å². The largest absolute Gasteiger partial charge is 0.366 e. The summed E-state index contributed by atoms with van der Waals surface area (Å²) in [5, 5.41) is 31.4. The van der Waals surface area contributed by atoms with Gasteiger partial charge in [0.05, 0.1) is 11.9 Å². The van der Waals surface area contributed by atoms with Crippen molar-refractivity contribution in [3.05, 3.63) is 41.9 Å². The highest BCUT2D eigenvalue weighted by Crippen LogP contribution is 2.31. The van der Waals surface area contributed by atoms with Crippen molar-refractivity contribution in [2.45, 2.75) is 64.6 Å². The summed E-state index contributed by atoms with van der Waals surface area (Å²) in [5.41, 5.74) is 3.06. The molecular weight excluding hydrogens is 404 g/mol. The minimum atomic E-state index is -0.0190. The lowest BCUT2D eigenvalue weighted by Gasteiger charge is -2.46. The third kappa shape index (κ3) is 4.84. The summed E-state index contributed by atoms with van der Waals surface area (Å²) in [6, 6.07) is 8.22. The summed E-state index contributed by atoms with van der Waals surface area (Å²) >= 11 is 0. The van der Waals surface area contributed by atoms with Gasteiger partial charge < -0.3 is 16.0 Å². The second-order valence-corrected chi connectivity index (χ2v) is 9.59. The van der Waals surface area contributed by atoms with Gasteiger partial charge in [-0.15, -0.1) is 5.10 Å². The summed E-state index contributed by atoms with van der Waals surface area (Å²) in [7, 11) is 0. The first-order valence-electron chi connectivity index (χ1n) is 10.6. The fourth-order valence-electron chi connectivity index (χ4n) is 4.59. The molecular formula is C22H28N10. The van der Waals surface area contributed by atoms with Gasteiger partial charge in [-0.2, -0.15) is 10.2 Å². The maximum absolute atomic E-state index is 9.58. The maximum atomic E-state index is 9.58. The number of rotatable bonds is 5. The molecule has 1 aliphatic heterocycles. The molecule has 3 aromatic rings. The Bertz CT molecular complexity index is 1130. The first kappa shape index (κ1) is 21.6. The van der Waals surface area contributed by atoms with Crippen molar-refractivity contribution < 1.29 is 0 Å². The zero-order valence-corrected chi connectivity index (χ0v) is 19.0. The van der Waals surface area contributed by atoms with Crippen molar-refractivity contribution >= 4 is 17.5 Å². The molecule has 1 fully saturated rings. The van der Waals surface area contributed by atoms with E-state index in [2.05, 4.69) is 75.2 Å². The van der Waals surface area contributed by atoms with Crippen LogP contribution in [0.5, 0.6) is 0 Å². The van der Waals surface area contributed by atoms with E-state index in [4.69, 9.17) is 0 Å². The summed E-state index contributed by atoms with van der Waals surface area (Å²) in [6.45, 7) is 10.8. The van der Waals surface area contributed by atoms with Crippen LogP contribution in [0, 0.1) is 18.3 Å². The lowest BCUT2D eigenvalue weighted by Crippen LogP contribution is -2.60. The molecule has 10 heteroatoms. The Morgan fingerprint density at radius 1 is 1.19 bits per heavy atom. The number of piperidine rings is 1. The van der Waals surface area contributed by atoms with E-state index in [9.17, 15) is 5.26 Å². The number of nitrogens with one attached hydrogen (secondary N) is 3. The Morgan fingerprint density at radius 3 is 2.59 bits per heavy atom. The molecule has 0 bridgehead atoms. The zero-order valence-electron chi connectivity index (χ0n) is 19.0. The normalized spacial score (nSPS) is 17.5. The number of benzene rings is 1. The third-order valence-electron chi connectivity index (χ3n) is 5.50. The molecule has 0 radical (unpaired) electrons. The highest BCUT2D eigenvalue weighted by atomic mass is 15.5. The second-order valence-electron chi connectivity index (χ2n) is 9.59. The van der Waals surface area contributed by atoms with Crippen LogP contribution in [-0.4, -0.2) is 47.3 Å². The molecule has 1 aromatic carbocycles. The molecule has 10 nitrogen and oxygen atoms in total. The van der Waals surface area contributed by atoms with E-state index < -0.39 is 0 Å². The molecule has 1 aliphatic rings. The Kier molecular flexibility index (Phi) is 5.52. The summed E-state index contributed by atoms with van der Waals surface area (Å²) in [5.74, 6) is 0.946. The van der Waals surface area contributed by atoms with Gasteiger partial charge in [-0.05, 0) is 75.6 Å². The van der Waals surface area contributed by atoms with Crippen molar-refractivity contribution in [3.8, 4) is 11.8 Å². The first-order chi connectivity index (χ1) is 15.1. The smallest absolute Gasteiger partial charge is 0.229 e. The van der Waals surface area contributed by atoms with Gasteiger partial charge in [0.15, 0.2) is 0 Å². The van der Waals surface area contributed by atoms with E-state index in [1.807, 2.05) is 25.1 Å². The Morgan fingerprint density at radius 2 is 1.94 bits per heavy atom. The number of nitrogens with zero attached hydrogens (tertiary/aromatic N) is 7. The van der Waals surface area contributed by atoms with E-state index >= 15 is 0 Å². The minimum absolute atomic E-state index is 0.0190. The molecule has 0 amide bonds. The average molecular weight is 433 g/mol. The highest BCUT2D eigenvalue weighted by Gasteiger charge is 2.38. The number of tetrazole rings is 1. The molecule has 1 saturated heterocycles. The van der Waals surface area contributed by atoms with Crippen LogP contribution in [0.2, 0.25) is 0 Å². The quantitative estimate of drug-likeness (QED) is 0.557. The molecule has 32 heavy (non-hydrogen) atoms. The fraction of sp³-hybridized carbons (Fsp3) is 0.455. The van der Waals surface area contributed by atoms with Crippen LogP contribution in [-0.2, 0) is 0 Å². The van der Waals surface area contributed by atoms with E-state index in [1.165, 1.54) is 0 Å². The van der Waals surface area contributed by atoms with Crippen molar-refractivity contribution in [1.29, 1.82) is 5.26 Å². The van der Waals surface area contributed by atoms with Crippen molar-refractivity contribution in [2.75, 3.05) is 10.6 Å². The number of hydrogen-bond donors (Lipinski definition) is 3. The van der Waals surface area contributed by atoms with Crippen LogP contribution >= 0.6 is 0 Å². The number of nitriles is 1. The molecule has 0 saturated carbocycles. The van der Waals surface area contributed by atoms with Crippen LogP contribution in [0.3, 0.4) is 0 Å². The van der Waals surface area contributed by atoms with Gasteiger partial charge in [-0.25, -0.2) is 9.67 Å². The Labute approximate surface area is 187 Å². The molecule has 3 heterocycles. The SMILES string of the molecule is Cc1ccc(Nc2ncc(C#N)c(NC3CC(C)(C)NC(C)(C)C3)n2)cc1-n1cnnn1. The Hall–Kier alpha value is -3.58. The predicted molar refractivity (Wildman–Crippen MR) is 122 cm³/mol. The summed E-state index contributed by atoms with van der Waals surface area (Å²) in [4.78, 5) is 8.95. The fourth-order valence-corrected chi connectivity index (χ4v) is 4.59. The van der Waals surface area contributed by atoms with Gasteiger partial charge in [-0.1, -0.05) is 6.07 Å². The number of aryl methyl sites for hydroxylation is 1. The molecule has 0 unspecified atom stereocenters. The van der Waals surface area contributed by atoms with Crippen molar-refractivity contribution in [3.63, 3.8) is 0 Å². The molecule has 166 valence electrons. The van der Waals surface area contributed by atoms with E-state index in [0.29, 0.717) is 17.3 Å². The molecule has 2 aromatic heterocycles. The van der Waals surface area contributed by atoms with Gasteiger partial charge in [0.25, 0.3) is 0 Å². The first-order valence-corrected chi connectivity index (χ1v) is 10.6. The van der Waals surface area contributed by atoms with E-state index in [0.717, 1.165) is 29.8 Å². The summed E-state index contributed by atoms with van der Waals surface area (Å²) in [6.07, 6.45) is 4.93. The second kappa shape index (κ2) is 8.16. The molecule has 3 N–H and O–H groups in total. The maximum Gasteiger partial charge on any atom is 0.229 e.